The number of aromatic nitrogens is 1. The highest BCUT2D eigenvalue weighted by Crippen LogP contribution is 2.29. The minimum absolute atomic E-state index is 1.17. The van der Waals surface area contributed by atoms with Crippen molar-refractivity contribution in [3.63, 3.8) is 0 Å². The van der Waals surface area contributed by atoms with E-state index in [0.29, 0.717) is 0 Å². The van der Waals surface area contributed by atoms with E-state index in [4.69, 9.17) is 0 Å². The van der Waals surface area contributed by atoms with Crippen molar-refractivity contribution in [2.45, 2.75) is 0 Å². The van der Waals surface area contributed by atoms with E-state index >= 15 is 0 Å². The Balaban J connectivity index is 1.69. The van der Waals surface area contributed by atoms with Crippen molar-refractivity contribution in [1.82, 2.24) is 4.98 Å². The molecule has 0 aliphatic heterocycles. The molecule has 0 saturated carbocycles. The standard InChI is InChI=1S/C27H19N/c1-3-7-24-17-20(9-10-21(24)5-1)18-27(23-13-15-28-16-14-23)26-12-11-22-6-2-4-8-25(22)19-26/h1-19H/b27-18-. The summed E-state index contributed by atoms with van der Waals surface area (Å²) in [5.74, 6) is 0. The van der Waals surface area contributed by atoms with Crippen LogP contribution in [0.15, 0.2) is 109 Å². The minimum atomic E-state index is 1.17. The van der Waals surface area contributed by atoms with E-state index in [1.54, 1.807) is 0 Å². The Bertz CT molecular complexity index is 1300. The van der Waals surface area contributed by atoms with Gasteiger partial charge in [0.1, 0.15) is 0 Å². The van der Waals surface area contributed by atoms with Crippen molar-refractivity contribution in [3.8, 4) is 0 Å². The fraction of sp³-hybridized carbons (Fsp3) is 0. The number of rotatable bonds is 3. The van der Waals surface area contributed by atoms with Crippen LogP contribution in [-0.4, -0.2) is 4.98 Å². The molecule has 1 nitrogen and oxygen atoms in total. The number of fused-ring (bicyclic) bond motifs is 2. The van der Waals surface area contributed by atoms with Crippen molar-refractivity contribution >= 4 is 33.2 Å². The summed E-state index contributed by atoms with van der Waals surface area (Å²) in [5.41, 5.74) is 4.76. The summed E-state index contributed by atoms with van der Waals surface area (Å²) in [5, 5.41) is 5.02. The van der Waals surface area contributed by atoms with Gasteiger partial charge in [0.2, 0.25) is 0 Å². The van der Waals surface area contributed by atoms with Crippen molar-refractivity contribution in [2.75, 3.05) is 0 Å². The Hall–Kier alpha value is -3.71. The van der Waals surface area contributed by atoms with Crippen LogP contribution >= 0.6 is 0 Å². The quantitative estimate of drug-likeness (QED) is 0.317. The van der Waals surface area contributed by atoms with Gasteiger partial charge in [0, 0.05) is 12.4 Å². The Morgan fingerprint density at radius 1 is 0.536 bits per heavy atom. The predicted octanol–water partition coefficient (Wildman–Crippen LogP) is 6.98. The van der Waals surface area contributed by atoms with Gasteiger partial charge >= 0.3 is 0 Å². The normalized spacial score (nSPS) is 11.8. The van der Waals surface area contributed by atoms with E-state index in [2.05, 4.69) is 108 Å². The Labute approximate surface area is 164 Å². The number of hydrogen-bond donors (Lipinski definition) is 0. The second-order valence-electron chi connectivity index (χ2n) is 6.96. The maximum absolute atomic E-state index is 4.19. The fourth-order valence-electron chi connectivity index (χ4n) is 3.69. The van der Waals surface area contributed by atoms with E-state index in [1.807, 2.05) is 12.4 Å². The first-order valence-electron chi connectivity index (χ1n) is 9.47. The zero-order chi connectivity index (χ0) is 18.8. The van der Waals surface area contributed by atoms with Gasteiger partial charge in [-0.1, -0.05) is 72.8 Å². The molecule has 0 aliphatic rings. The van der Waals surface area contributed by atoms with Gasteiger partial charge in [-0.2, -0.15) is 0 Å². The Morgan fingerprint density at radius 2 is 1.14 bits per heavy atom. The molecule has 1 heteroatoms. The third kappa shape index (κ3) is 3.19. The molecule has 1 heterocycles. The van der Waals surface area contributed by atoms with E-state index < -0.39 is 0 Å². The zero-order valence-electron chi connectivity index (χ0n) is 15.4. The monoisotopic (exact) mass is 357 g/mol. The van der Waals surface area contributed by atoms with Gasteiger partial charge in [0.15, 0.2) is 0 Å². The lowest BCUT2D eigenvalue weighted by Crippen LogP contribution is -1.89. The van der Waals surface area contributed by atoms with Crippen LogP contribution in [-0.2, 0) is 0 Å². The maximum atomic E-state index is 4.19. The van der Waals surface area contributed by atoms with Crippen LogP contribution in [0.4, 0.5) is 0 Å². The second kappa shape index (κ2) is 7.13. The van der Waals surface area contributed by atoms with Gasteiger partial charge in [-0.3, -0.25) is 4.98 Å². The molecule has 28 heavy (non-hydrogen) atoms. The third-order valence-electron chi connectivity index (χ3n) is 5.14. The summed E-state index contributed by atoms with van der Waals surface area (Å²) < 4.78 is 0. The third-order valence-corrected chi connectivity index (χ3v) is 5.14. The van der Waals surface area contributed by atoms with Gasteiger partial charge in [-0.05, 0) is 74.1 Å². The highest BCUT2D eigenvalue weighted by molar-refractivity contribution is 5.96. The first-order chi connectivity index (χ1) is 13.9. The molecule has 0 unspecified atom stereocenters. The highest BCUT2D eigenvalue weighted by Gasteiger charge is 2.07. The number of nitrogens with zero attached hydrogens (tertiary/aromatic N) is 1. The number of benzene rings is 4. The van der Waals surface area contributed by atoms with E-state index in [9.17, 15) is 0 Å². The largest absolute Gasteiger partial charge is 0.265 e. The molecule has 5 aromatic rings. The Kier molecular flexibility index (Phi) is 4.19. The summed E-state index contributed by atoms with van der Waals surface area (Å²) in [7, 11) is 0. The van der Waals surface area contributed by atoms with Gasteiger partial charge in [-0.25, -0.2) is 0 Å². The average Bonchev–Trinajstić information content (AvgIpc) is 2.77. The molecule has 0 saturated heterocycles. The van der Waals surface area contributed by atoms with Gasteiger partial charge < -0.3 is 0 Å². The topological polar surface area (TPSA) is 12.9 Å². The number of hydrogen-bond acceptors (Lipinski definition) is 1. The minimum Gasteiger partial charge on any atom is -0.265 e. The molecular formula is C27H19N. The van der Waals surface area contributed by atoms with Crippen molar-refractivity contribution in [3.05, 3.63) is 126 Å². The molecular weight excluding hydrogens is 338 g/mol. The fourth-order valence-corrected chi connectivity index (χ4v) is 3.69. The molecule has 0 N–H and O–H groups in total. The lowest BCUT2D eigenvalue weighted by atomic mass is 9.94. The second-order valence-corrected chi connectivity index (χ2v) is 6.96. The summed E-state index contributed by atoms with van der Waals surface area (Å²) in [6, 6.07) is 34.4. The van der Waals surface area contributed by atoms with Gasteiger partial charge in [-0.15, -0.1) is 0 Å². The van der Waals surface area contributed by atoms with Crippen LogP contribution in [0.3, 0.4) is 0 Å². The van der Waals surface area contributed by atoms with Crippen molar-refractivity contribution in [1.29, 1.82) is 0 Å². The SMILES string of the molecule is C(=C(\c1ccncc1)c1ccc2ccccc2c1)/c1ccc2ccccc2c1. The first-order valence-corrected chi connectivity index (χ1v) is 9.47. The summed E-state index contributed by atoms with van der Waals surface area (Å²) >= 11 is 0. The van der Waals surface area contributed by atoms with Crippen LogP contribution in [0.5, 0.6) is 0 Å². The predicted molar refractivity (Wildman–Crippen MR) is 119 cm³/mol. The van der Waals surface area contributed by atoms with E-state index in [0.717, 1.165) is 0 Å². The smallest absolute Gasteiger partial charge is 0.0273 e. The molecule has 0 amide bonds. The lowest BCUT2D eigenvalue weighted by molar-refractivity contribution is 1.32. The molecule has 0 spiro atoms. The van der Waals surface area contributed by atoms with Crippen molar-refractivity contribution in [2.24, 2.45) is 0 Å². The van der Waals surface area contributed by atoms with Crippen LogP contribution in [0.1, 0.15) is 16.7 Å². The molecule has 0 atom stereocenters. The van der Waals surface area contributed by atoms with Gasteiger partial charge in [0.25, 0.3) is 0 Å². The van der Waals surface area contributed by atoms with Crippen LogP contribution in [0.2, 0.25) is 0 Å². The summed E-state index contributed by atoms with van der Waals surface area (Å²) in [6.45, 7) is 0. The zero-order valence-corrected chi connectivity index (χ0v) is 15.4. The Morgan fingerprint density at radius 3 is 1.86 bits per heavy atom. The van der Waals surface area contributed by atoms with Crippen LogP contribution < -0.4 is 0 Å². The average molecular weight is 357 g/mol. The first kappa shape index (κ1) is 16.5. The molecule has 0 fully saturated rings. The van der Waals surface area contributed by atoms with Crippen LogP contribution in [0, 0.1) is 0 Å². The number of pyridine rings is 1. The summed E-state index contributed by atoms with van der Waals surface area (Å²) in [4.78, 5) is 4.19. The molecule has 4 aromatic carbocycles. The van der Waals surface area contributed by atoms with Crippen molar-refractivity contribution < 1.29 is 0 Å². The van der Waals surface area contributed by atoms with Crippen LogP contribution in [0.25, 0.3) is 33.2 Å². The van der Waals surface area contributed by atoms with Gasteiger partial charge in [0.05, 0.1) is 0 Å². The molecule has 0 radical (unpaired) electrons. The van der Waals surface area contributed by atoms with E-state index in [1.165, 1.54) is 43.8 Å². The lowest BCUT2D eigenvalue weighted by Gasteiger charge is -2.11. The molecule has 0 bridgehead atoms. The molecule has 132 valence electrons. The highest BCUT2D eigenvalue weighted by atomic mass is 14.6. The molecule has 5 rings (SSSR count). The maximum Gasteiger partial charge on any atom is 0.0273 e. The molecule has 1 aromatic heterocycles. The van der Waals surface area contributed by atoms with E-state index in [-0.39, 0.29) is 0 Å². The summed E-state index contributed by atoms with van der Waals surface area (Å²) in [6.07, 6.45) is 5.97. The molecule has 0 aliphatic carbocycles.